The van der Waals surface area contributed by atoms with Gasteiger partial charge in [-0.2, -0.15) is 0 Å². The van der Waals surface area contributed by atoms with Crippen molar-refractivity contribution in [2.24, 2.45) is 5.92 Å². The summed E-state index contributed by atoms with van der Waals surface area (Å²) < 4.78 is 0. The van der Waals surface area contributed by atoms with E-state index in [4.69, 9.17) is 0 Å². The molecule has 0 radical (unpaired) electrons. The van der Waals surface area contributed by atoms with Crippen LogP contribution in [0.3, 0.4) is 0 Å². The predicted octanol–water partition coefficient (Wildman–Crippen LogP) is 1.84. The number of aryl methyl sites for hydroxylation is 1. The Morgan fingerprint density at radius 2 is 1.89 bits per heavy atom. The Balaban J connectivity index is 1.54. The van der Waals surface area contributed by atoms with Gasteiger partial charge in [-0.3, -0.25) is 19.3 Å². The van der Waals surface area contributed by atoms with Crippen LogP contribution in [0.2, 0.25) is 0 Å². The zero-order valence-electron chi connectivity index (χ0n) is 16.1. The summed E-state index contributed by atoms with van der Waals surface area (Å²) in [7, 11) is 1.71. The quantitative estimate of drug-likeness (QED) is 0.826. The van der Waals surface area contributed by atoms with Crippen molar-refractivity contribution >= 4 is 29.1 Å². The summed E-state index contributed by atoms with van der Waals surface area (Å²) in [5, 5.41) is 5.83. The van der Waals surface area contributed by atoms with Crippen LogP contribution in [-0.2, 0) is 14.4 Å². The van der Waals surface area contributed by atoms with E-state index in [9.17, 15) is 14.4 Å². The molecular formula is C20H28N4O3. The molecule has 27 heavy (non-hydrogen) atoms. The fourth-order valence-electron chi connectivity index (χ4n) is 3.68. The summed E-state index contributed by atoms with van der Waals surface area (Å²) in [5.41, 5.74) is 2.32. The van der Waals surface area contributed by atoms with Crippen molar-refractivity contribution in [3.8, 4) is 0 Å². The van der Waals surface area contributed by atoms with E-state index in [2.05, 4.69) is 15.5 Å². The Morgan fingerprint density at radius 1 is 1.15 bits per heavy atom. The van der Waals surface area contributed by atoms with Gasteiger partial charge in [-0.15, -0.1) is 0 Å². The van der Waals surface area contributed by atoms with Crippen LogP contribution in [-0.4, -0.2) is 60.7 Å². The van der Waals surface area contributed by atoms with Gasteiger partial charge < -0.3 is 15.5 Å². The minimum Gasteiger partial charge on any atom is -0.345 e. The molecule has 2 heterocycles. The van der Waals surface area contributed by atoms with E-state index in [0.29, 0.717) is 18.8 Å². The van der Waals surface area contributed by atoms with E-state index in [-0.39, 0.29) is 30.1 Å². The lowest BCUT2D eigenvalue weighted by Crippen LogP contribution is -2.36. The average molecular weight is 372 g/mol. The van der Waals surface area contributed by atoms with E-state index in [0.717, 1.165) is 37.2 Å². The molecule has 146 valence electrons. The first-order valence-corrected chi connectivity index (χ1v) is 9.60. The molecule has 0 spiro atoms. The number of hydrogen-bond donors (Lipinski definition) is 2. The fourth-order valence-corrected chi connectivity index (χ4v) is 3.68. The molecule has 0 aromatic heterocycles. The highest BCUT2D eigenvalue weighted by molar-refractivity contribution is 5.98. The number of nitrogens with zero attached hydrogens (tertiary/aromatic N) is 2. The summed E-state index contributed by atoms with van der Waals surface area (Å²) in [6.45, 7) is 4.74. The van der Waals surface area contributed by atoms with Crippen LogP contribution in [0.4, 0.5) is 11.4 Å². The van der Waals surface area contributed by atoms with Gasteiger partial charge >= 0.3 is 0 Å². The summed E-state index contributed by atoms with van der Waals surface area (Å²) in [4.78, 5) is 40.0. The van der Waals surface area contributed by atoms with Crippen LogP contribution in [0.5, 0.6) is 0 Å². The third-order valence-corrected chi connectivity index (χ3v) is 5.30. The number of piperidine rings is 1. The molecule has 1 atom stereocenters. The summed E-state index contributed by atoms with van der Waals surface area (Å²) >= 11 is 0. The highest BCUT2D eigenvalue weighted by Crippen LogP contribution is 2.22. The maximum absolute atomic E-state index is 12.3. The number of benzene rings is 1. The lowest BCUT2D eigenvalue weighted by atomic mass is 10.1. The molecule has 1 aromatic carbocycles. The topological polar surface area (TPSA) is 81.8 Å². The number of hydrogen-bond acceptors (Lipinski definition) is 4. The third kappa shape index (κ3) is 5.07. The zero-order valence-corrected chi connectivity index (χ0v) is 16.1. The van der Waals surface area contributed by atoms with Gasteiger partial charge in [0.05, 0.1) is 12.5 Å². The molecule has 2 N–H and O–H groups in total. The van der Waals surface area contributed by atoms with Gasteiger partial charge in [-0.05, 0) is 56.6 Å². The first-order valence-electron chi connectivity index (χ1n) is 9.60. The number of rotatable bonds is 5. The Hall–Kier alpha value is -2.41. The molecule has 7 heteroatoms. The van der Waals surface area contributed by atoms with Gasteiger partial charge in [0.25, 0.3) is 0 Å². The van der Waals surface area contributed by atoms with E-state index >= 15 is 0 Å². The number of anilines is 2. The molecule has 1 aromatic rings. The molecule has 0 bridgehead atoms. The Kier molecular flexibility index (Phi) is 6.11. The summed E-state index contributed by atoms with van der Waals surface area (Å²) in [6.07, 6.45) is 3.81. The molecule has 2 saturated heterocycles. The molecule has 3 amide bonds. The minimum atomic E-state index is -0.313. The normalized spacial score (nSPS) is 20.6. The minimum absolute atomic E-state index is 0.00176. The smallest absolute Gasteiger partial charge is 0.238 e. The van der Waals surface area contributed by atoms with Crippen molar-refractivity contribution < 1.29 is 14.4 Å². The number of carbonyl (C=O) groups excluding carboxylic acids is 3. The van der Waals surface area contributed by atoms with Gasteiger partial charge in [-0.25, -0.2) is 0 Å². The number of likely N-dealkylation sites (tertiary alicyclic amines) is 2. The van der Waals surface area contributed by atoms with E-state index in [1.165, 1.54) is 6.42 Å². The van der Waals surface area contributed by atoms with Gasteiger partial charge in [0.15, 0.2) is 0 Å². The highest BCUT2D eigenvalue weighted by Gasteiger charge is 2.32. The van der Waals surface area contributed by atoms with Gasteiger partial charge in [-0.1, -0.05) is 6.42 Å². The Labute approximate surface area is 160 Å². The molecule has 7 nitrogen and oxygen atoms in total. The summed E-state index contributed by atoms with van der Waals surface area (Å²) in [6, 6.07) is 5.43. The van der Waals surface area contributed by atoms with Gasteiger partial charge in [0, 0.05) is 31.4 Å². The van der Waals surface area contributed by atoms with Crippen molar-refractivity contribution in [1.29, 1.82) is 0 Å². The molecular weight excluding hydrogens is 344 g/mol. The van der Waals surface area contributed by atoms with Crippen LogP contribution in [0, 0.1) is 12.8 Å². The summed E-state index contributed by atoms with van der Waals surface area (Å²) in [5.74, 6) is -0.469. The van der Waals surface area contributed by atoms with E-state index in [1.54, 1.807) is 18.0 Å². The number of amides is 3. The fraction of sp³-hybridized carbons (Fsp3) is 0.550. The van der Waals surface area contributed by atoms with Crippen LogP contribution in [0.1, 0.15) is 31.2 Å². The molecule has 3 rings (SSSR count). The SMILES string of the molecule is Cc1cc(NC(=O)[C@H]2CC(=O)N(C)C2)ccc1NC(=O)CN1CCCCC1. The molecule has 2 fully saturated rings. The largest absolute Gasteiger partial charge is 0.345 e. The molecule has 0 unspecified atom stereocenters. The highest BCUT2D eigenvalue weighted by atomic mass is 16.2. The molecule has 0 aliphatic carbocycles. The van der Waals surface area contributed by atoms with E-state index < -0.39 is 0 Å². The average Bonchev–Trinajstić information content (AvgIpc) is 2.97. The van der Waals surface area contributed by atoms with Crippen LogP contribution < -0.4 is 10.6 Å². The number of nitrogens with one attached hydrogen (secondary N) is 2. The maximum atomic E-state index is 12.3. The Bertz CT molecular complexity index is 728. The second kappa shape index (κ2) is 8.52. The van der Waals surface area contributed by atoms with E-state index in [1.807, 2.05) is 19.1 Å². The Morgan fingerprint density at radius 3 is 2.52 bits per heavy atom. The van der Waals surface area contributed by atoms with Gasteiger partial charge in [0.2, 0.25) is 17.7 Å². The lowest BCUT2D eigenvalue weighted by molar-refractivity contribution is -0.127. The van der Waals surface area contributed by atoms with Crippen LogP contribution in [0.25, 0.3) is 0 Å². The second-order valence-electron chi connectivity index (χ2n) is 7.58. The van der Waals surface area contributed by atoms with Crippen molar-refractivity contribution in [2.45, 2.75) is 32.6 Å². The van der Waals surface area contributed by atoms with Crippen LogP contribution >= 0.6 is 0 Å². The molecule has 2 aliphatic rings. The molecule has 0 saturated carbocycles. The maximum Gasteiger partial charge on any atom is 0.238 e. The lowest BCUT2D eigenvalue weighted by Gasteiger charge is -2.25. The second-order valence-corrected chi connectivity index (χ2v) is 7.58. The van der Waals surface area contributed by atoms with Gasteiger partial charge in [0.1, 0.15) is 0 Å². The van der Waals surface area contributed by atoms with Crippen molar-refractivity contribution in [3.63, 3.8) is 0 Å². The van der Waals surface area contributed by atoms with Crippen molar-refractivity contribution in [2.75, 3.05) is 43.9 Å². The van der Waals surface area contributed by atoms with Crippen molar-refractivity contribution in [3.05, 3.63) is 23.8 Å². The monoisotopic (exact) mass is 372 g/mol. The third-order valence-electron chi connectivity index (χ3n) is 5.30. The van der Waals surface area contributed by atoms with Crippen molar-refractivity contribution in [1.82, 2.24) is 9.80 Å². The number of carbonyl (C=O) groups is 3. The standard InChI is InChI=1S/C20H28N4O3/c1-14-10-16(21-20(27)15-11-19(26)23(2)12-15)6-7-17(14)22-18(25)13-24-8-4-3-5-9-24/h6-7,10,15H,3-5,8-9,11-13H2,1-2H3,(H,21,27)(H,22,25)/t15-/m0/s1. The molecule has 2 aliphatic heterocycles. The first kappa shape index (κ1) is 19.4. The first-order chi connectivity index (χ1) is 12.9. The zero-order chi connectivity index (χ0) is 19.4. The van der Waals surface area contributed by atoms with Crippen LogP contribution in [0.15, 0.2) is 18.2 Å². The predicted molar refractivity (Wildman–Crippen MR) is 104 cm³/mol.